The fourth-order valence-electron chi connectivity index (χ4n) is 2.00. The normalized spacial score (nSPS) is 10.9. The Hall–Kier alpha value is -1.84. The fraction of sp³-hybridized carbons (Fsp3) is 0.250. The van der Waals surface area contributed by atoms with Crippen LogP contribution in [0, 0.1) is 37.1 Å². The monoisotopic (exact) mass is 282 g/mol. The Morgan fingerprint density at radius 1 is 0.800 bits per heavy atom. The average Bonchev–Trinajstić information content (AvgIpc) is 2.41. The maximum absolute atomic E-state index is 13.7. The minimum absolute atomic E-state index is 0.0405. The zero-order chi connectivity index (χ0) is 14.9. The second-order valence-electron chi connectivity index (χ2n) is 4.85. The molecule has 106 valence electrons. The van der Waals surface area contributed by atoms with Crippen LogP contribution in [0.4, 0.5) is 17.6 Å². The summed E-state index contributed by atoms with van der Waals surface area (Å²) < 4.78 is 53.8. The van der Waals surface area contributed by atoms with Crippen LogP contribution in [0.25, 0.3) is 0 Å². The molecule has 0 amide bonds. The number of hydrogen-bond acceptors (Lipinski definition) is 0. The van der Waals surface area contributed by atoms with Crippen LogP contribution >= 0.6 is 0 Å². The summed E-state index contributed by atoms with van der Waals surface area (Å²) in [5.41, 5.74) is 0.820. The molecule has 2 aromatic carbocycles. The van der Waals surface area contributed by atoms with Crippen LogP contribution in [-0.2, 0) is 12.8 Å². The zero-order valence-corrected chi connectivity index (χ0v) is 11.2. The maximum atomic E-state index is 13.7. The third-order valence-electron chi connectivity index (χ3n) is 3.38. The van der Waals surface area contributed by atoms with Gasteiger partial charge in [-0.3, -0.25) is 0 Å². The number of halogens is 4. The summed E-state index contributed by atoms with van der Waals surface area (Å²) in [6, 6.07) is 5.43. The topological polar surface area (TPSA) is 0 Å². The van der Waals surface area contributed by atoms with E-state index in [-0.39, 0.29) is 29.5 Å². The molecule has 0 atom stereocenters. The van der Waals surface area contributed by atoms with Crippen molar-refractivity contribution in [3.8, 4) is 0 Å². The Morgan fingerprint density at radius 2 is 1.40 bits per heavy atom. The number of rotatable bonds is 3. The van der Waals surface area contributed by atoms with Crippen LogP contribution in [0.2, 0.25) is 0 Å². The molecule has 0 radical (unpaired) electrons. The van der Waals surface area contributed by atoms with Crippen LogP contribution in [0.1, 0.15) is 22.3 Å². The van der Waals surface area contributed by atoms with Crippen LogP contribution in [0.3, 0.4) is 0 Å². The van der Waals surface area contributed by atoms with Gasteiger partial charge in [-0.2, -0.15) is 0 Å². The third-order valence-corrected chi connectivity index (χ3v) is 3.38. The molecular weight excluding hydrogens is 268 g/mol. The van der Waals surface area contributed by atoms with Gasteiger partial charge in [0, 0.05) is 5.56 Å². The van der Waals surface area contributed by atoms with Crippen molar-refractivity contribution in [1.82, 2.24) is 0 Å². The third kappa shape index (κ3) is 2.84. The molecule has 0 aromatic heterocycles. The lowest BCUT2D eigenvalue weighted by atomic mass is 10.0. The van der Waals surface area contributed by atoms with Crippen LogP contribution in [-0.4, -0.2) is 0 Å². The van der Waals surface area contributed by atoms with Gasteiger partial charge in [0.2, 0.25) is 0 Å². The van der Waals surface area contributed by atoms with Crippen LogP contribution in [0.5, 0.6) is 0 Å². The largest absolute Gasteiger partial charge is 0.207 e. The molecular formula is C16H14F4. The van der Waals surface area contributed by atoms with E-state index < -0.39 is 23.3 Å². The summed E-state index contributed by atoms with van der Waals surface area (Å²) in [5, 5.41) is 0. The summed E-state index contributed by atoms with van der Waals surface area (Å²) in [4.78, 5) is 0. The maximum Gasteiger partial charge on any atom is 0.162 e. The zero-order valence-electron chi connectivity index (χ0n) is 11.2. The summed E-state index contributed by atoms with van der Waals surface area (Å²) in [6.45, 7) is 2.83. The molecule has 0 N–H and O–H groups in total. The van der Waals surface area contributed by atoms with Crippen molar-refractivity contribution in [2.75, 3.05) is 0 Å². The van der Waals surface area contributed by atoms with Gasteiger partial charge in [0.05, 0.1) is 0 Å². The lowest BCUT2D eigenvalue weighted by Gasteiger charge is -2.07. The molecule has 2 aromatic rings. The highest BCUT2D eigenvalue weighted by atomic mass is 19.2. The predicted octanol–water partition coefficient (Wildman–Crippen LogP) is 4.65. The van der Waals surface area contributed by atoms with Gasteiger partial charge >= 0.3 is 0 Å². The van der Waals surface area contributed by atoms with E-state index in [0.29, 0.717) is 5.56 Å². The van der Waals surface area contributed by atoms with E-state index >= 15 is 0 Å². The van der Waals surface area contributed by atoms with Gasteiger partial charge in [-0.1, -0.05) is 12.1 Å². The minimum Gasteiger partial charge on any atom is -0.207 e. The average molecular weight is 282 g/mol. The standard InChI is InChI=1S/C16H14F4/c1-9-3-5-12(16(20)15(9)19)6-4-11-7-13(17)10(2)14(18)8-11/h3,5,7-8H,4,6H2,1-2H3. The Bertz CT molecular complexity index is 624. The molecule has 0 aliphatic rings. The van der Waals surface area contributed by atoms with Crippen molar-refractivity contribution < 1.29 is 17.6 Å². The van der Waals surface area contributed by atoms with E-state index in [1.807, 2.05) is 0 Å². The molecule has 0 saturated carbocycles. The van der Waals surface area contributed by atoms with Gasteiger partial charge < -0.3 is 0 Å². The van der Waals surface area contributed by atoms with Crippen LogP contribution in [0.15, 0.2) is 24.3 Å². The van der Waals surface area contributed by atoms with E-state index in [4.69, 9.17) is 0 Å². The lowest BCUT2D eigenvalue weighted by Crippen LogP contribution is -2.01. The summed E-state index contributed by atoms with van der Waals surface area (Å²) in [7, 11) is 0. The molecule has 0 saturated heterocycles. The van der Waals surface area contributed by atoms with E-state index in [9.17, 15) is 17.6 Å². The van der Waals surface area contributed by atoms with Gasteiger partial charge in [-0.05, 0) is 55.5 Å². The van der Waals surface area contributed by atoms with Gasteiger partial charge in [-0.25, -0.2) is 17.6 Å². The highest BCUT2D eigenvalue weighted by Gasteiger charge is 2.12. The van der Waals surface area contributed by atoms with Gasteiger partial charge in [0.1, 0.15) is 11.6 Å². The molecule has 4 heteroatoms. The first-order valence-electron chi connectivity index (χ1n) is 6.28. The number of aryl methyl sites for hydroxylation is 3. The second-order valence-corrected chi connectivity index (χ2v) is 4.85. The fourth-order valence-corrected chi connectivity index (χ4v) is 2.00. The molecule has 0 heterocycles. The summed E-state index contributed by atoms with van der Waals surface area (Å²) in [5.74, 6) is -3.02. The summed E-state index contributed by atoms with van der Waals surface area (Å²) in [6.07, 6.45) is 0.429. The van der Waals surface area contributed by atoms with Gasteiger partial charge in [0.15, 0.2) is 11.6 Å². The molecule has 0 unspecified atom stereocenters. The Kier molecular flexibility index (Phi) is 4.12. The molecule has 0 aliphatic heterocycles. The Balaban J connectivity index is 2.19. The van der Waals surface area contributed by atoms with Crippen LogP contribution < -0.4 is 0 Å². The van der Waals surface area contributed by atoms with E-state index in [0.717, 1.165) is 0 Å². The quantitative estimate of drug-likeness (QED) is 0.719. The second kappa shape index (κ2) is 5.65. The molecule has 0 aliphatic carbocycles. The van der Waals surface area contributed by atoms with Crippen molar-refractivity contribution in [2.24, 2.45) is 0 Å². The lowest BCUT2D eigenvalue weighted by molar-refractivity contribution is 0.493. The first-order chi connectivity index (χ1) is 9.40. The smallest absolute Gasteiger partial charge is 0.162 e. The molecule has 0 spiro atoms. The van der Waals surface area contributed by atoms with Gasteiger partial charge in [0.25, 0.3) is 0 Å². The van der Waals surface area contributed by atoms with E-state index in [2.05, 4.69) is 0 Å². The van der Waals surface area contributed by atoms with Crippen molar-refractivity contribution in [2.45, 2.75) is 26.7 Å². The first kappa shape index (κ1) is 14.6. The molecule has 0 nitrogen and oxygen atoms in total. The SMILES string of the molecule is Cc1ccc(CCc2cc(F)c(C)c(F)c2)c(F)c1F. The van der Waals surface area contributed by atoms with Gasteiger partial charge in [-0.15, -0.1) is 0 Å². The Labute approximate surface area is 115 Å². The highest BCUT2D eigenvalue weighted by Crippen LogP contribution is 2.19. The summed E-state index contributed by atoms with van der Waals surface area (Å²) >= 11 is 0. The van der Waals surface area contributed by atoms with E-state index in [1.165, 1.54) is 38.1 Å². The molecule has 0 bridgehead atoms. The highest BCUT2D eigenvalue weighted by molar-refractivity contribution is 5.29. The first-order valence-corrected chi connectivity index (χ1v) is 6.28. The molecule has 2 rings (SSSR count). The predicted molar refractivity (Wildman–Crippen MR) is 69.6 cm³/mol. The molecule has 20 heavy (non-hydrogen) atoms. The Morgan fingerprint density at radius 3 is 2.00 bits per heavy atom. The number of hydrogen-bond donors (Lipinski definition) is 0. The molecule has 0 fully saturated rings. The minimum atomic E-state index is -0.891. The van der Waals surface area contributed by atoms with Crippen molar-refractivity contribution >= 4 is 0 Å². The van der Waals surface area contributed by atoms with E-state index in [1.54, 1.807) is 0 Å². The number of benzene rings is 2. The van der Waals surface area contributed by atoms with Crippen molar-refractivity contribution in [3.63, 3.8) is 0 Å². The van der Waals surface area contributed by atoms with Crippen molar-refractivity contribution in [3.05, 3.63) is 69.8 Å². The van der Waals surface area contributed by atoms with Crippen molar-refractivity contribution in [1.29, 1.82) is 0 Å².